The molecule has 0 radical (unpaired) electrons. The average Bonchev–Trinajstić information content (AvgIpc) is 2.80. The first kappa shape index (κ1) is 18.8. The minimum atomic E-state index is 0.664. The Labute approximate surface area is 170 Å². The SMILES string of the molecule is COc1ccc(Nc2ccnc(N3CCN(c4ccccn4)CC3)n2)cc1OC. The maximum Gasteiger partial charge on any atom is 0.227 e. The molecule has 0 bridgehead atoms. The number of ether oxygens (including phenoxy) is 2. The van der Waals surface area contributed by atoms with Crippen molar-refractivity contribution in [2.75, 3.05) is 55.5 Å². The molecule has 1 N–H and O–H groups in total. The first-order chi connectivity index (χ1) is 14.3. The van der Waals surface area contributed by atoms with Crippen LogP contribution < -0.4 is 24.6 Å². The lowest BCUT2D eigenvalue weighted by Gasteiger charge is -2.35. The number of piperazine rings is 1. The predicted molar refractivity (Wildman–Crippen MR) is 114 cm³/mol. The maximum atomic E-state index is 5.36. The van der Waals surface area contributed by atoms with Gasteiger partial charge in [0.15, 0.2) is 11.5 Å². The van der Waals surface area contributed by atoms with Crippen molar-refractivity contribution >= 4 is 23.3 Å². The second-order valence-corrected chi connectivity index (χ2v) is 6.60. The molecule has 0 spiro atoms. The van der Waals surface area contributed by atoms with E-state index in [4.69, 9.17) is 9.47 Å². The second-order valence-electron chi connectivity index (χ2n) is 6.60. The van der Waals surface area contributed by atoms with E-state index < -0.39 is 0 Å². The Balaban J connectivity index is 1.43. The van der Waals surface area contributed by atoms with Gasteiger partial charge in [0.25, 0.3) is 0 Å². The Morgan fingerprint density at radius 2 is 1.62 bits per heavy atom. The maximum absolute atomic E-state index is 5.36. The molecule has 1 saturated heterocycles. The fourth-order valence-corrected chi connectivity index (χ4v) is 3.31. The van der Waals surface area contributed by atoms with Crippen molar-refractivity contribution in [3.8, 4) is 11.5 Å². The van der Waals surface area contributed by atoms with Gasteiger partial charge in [-0.3, -0.25) is 0 Å². The van der Waals surface area contributed by atoms with Gasteiger partial charge in [-0.25, -0.2) is 9.97 Å². The van der Waals surface area contributed by atoms with Crippen molar-refractivity contribution in [2.24, 2.45) is 0 Å². The molecule has 0 unspecified atom stereocenters. The molecule has 0 aliphatic carbocycles. The van der Waals surface area contributed by atoms with Crippen LogP contribution in [-0.4, -0.2) is 55.4 Å². The molecule has 1 aromatic carbocycles. The summed E-state index contributed by atoms with van der Waals surface area (Å²) in [4.78, 5) is 18.1. The van der Waals surface area contributed by atoms with Crippen LogP contribution in [0.2, 0.25) is 0 Å². The molecule has 150 valence electrons. The normalized spacial score (nSPS) is 13.9. The first-order valence-electron chi connectivity index (χ1n) is 9.50. The molecule has 4 rings (SSSR count). The second kappa shape index (κ2) is 8.64. The Morgan fingerprint density at radius 1 is 0.828 bits per heavy atom. The third-order valence-electron chi connectivity index (χ3n) is 4.83. The molecule has 3 heterocycles. The molecular weight excluding hydrogens is 368 g/mol. The zero-order valence-electron chi connectivity index (χ0n) is 16.6. The summed E-state index contributed by atoms with van der Waals surface area (Å²) in [5.41, 5.74) is 0.868. The largest absolute Gasteiger partial charge is 0.493 e. The van der Waals surface area contributed by atoms with Crippen molar-refractivity contribution in [1.82, 2.24) is 15.0 Å². The van der Waals surface area contributed by atoms with Crippen LogP contribution in [0.25, 0.3) is 0 Å². The molecule has 2 aromatic heterocycles. The van der Waals surface area contributed by atoms with Crippen molar-refractivity contribution in [3.05, 3.63) is 54.9 Å². The molecule has 0 amide bonds. The summed E-state index contributed by atoms with van der Waals surface area (Å²) in [6.45, 7) is 3.45. The van der Waals surface area contributed by atoms with Gasteiger partial charge in [-0.2, -0.15) is 4.98 Å². The van der Waals surface area contributed by atoms with Crippen molar-refractivity contribution in [1.29, 1.82) is 0 Å². The molecule has 0 saturated carbocycles. The number of methoxy groups -OCH3 is 2. The highest BCUT2D eigenvalue weighted by molar-refractivity contribution is 5.62. The van der Waals surface area contributed by atoms with E-state index >= 15 is 0 Å². The summed E-state index contributed by atoms with van der Waals surface area (Å²) in [7, 11) is 3.24. The average molecular weight is 392 g/mol. The molecule has 8 nitrogen and oxygen atoms in total. The standard InChI is InChI=1S/C21H24N6O2/c1-28-17-7-6-16(15-18(17)29-2)24-19-8-10-23-21(25-19)27-13-11-26(12-14-27)20-5-3-4-9-22-20/h3-10,15H,11-14H2,1-2H3,(H,23,24,25). The molecular formula is C21H24N6O2. The lowest BCUT2D eigenvalue weighted by Crippen LogP contribution is -2.47. The number of hydrogen-bond acceptors (Lipinski definition) is 8. The summed E-state index contributed by atoms with van der Waals surface area (Å²) >= 11 is 0. The zero-order chi connectivity index (χ0) is 20.1. The Hall–Kier alpha value is -3.55. The number of pyridine rings is 1. The van der Waals surface area contributed by atoms with E-state index in [2.05, 4.69) is 30.1 Å². The van der Waals surface area contributed by atoms with Crippen LogP contribution in [0.5, 0.6) is 11.5 Å². The predicted octanol–water partition coefficient (Wildman–Crippen LogP) is 2.96. The Bertz CT molecular complexity index is 945. The molecule has 1 aliphatic rings. The van der Waals surface area contributed by atoms with E-state index in [0.29, 0.717) is 11.5 Å². The summed E-state index contributed by atoms with van der Waals surface area (Å²) in [5, 5.41) is 3.31. The minimum Gasteiger partial charge on any atom is -0.493 e. The summed E-state index contributed by atoms with van der Waals surface area (Å²) in [6.07, 6.45) is 3.60. The van der Waals surface area contributed by atoms with Gasteiger partial charge in [0.05, 0.1) is 14.2 Å². The Kier molecular flexibility index (Phi) is 5.60. The van der Waals surface area contributed by atoms with Crippen LogP contribution in [0.15, 0.2) is 54.9 Å². The van der Waals surface area contributed by atoms with Gasteiger partial charge in [-0.05, 0) is 30.3 Å². The van der Waals surface area contributed by atoms with Gasteiger partial charge in [0.1, 0.15) is 11.6 Å². The van der Waals surface area contributed by atoms with Crippen LogP contribution in [-0.2, 0) is 0 Å². The van der Waals surface area contributed by atoms with Gasteiger partial charge in [0.2, 0.25) is 5.95 Å². The number of hydrogen-bond donors (Lipinski definition) is 1. The quantitative estimate of drug-likeness (QED) is 0.686. The molecule has 8 heteroatoms. The van der Waals surface area contributed by atoms with Crippen LogP contribution >= 0.6 is 0 Å². The van der Waals surface area contributed by atoms with E-state index in [1.54, 1.807) is 20.4 Å². The van der Waals surface area contributed by atoms with Crippen LogP contribution in [0.3, 0.4) is 0 Å². The third kappa shape index (κ3) is 4.31. The summed E-state index contributed by atoms with van der Waals surface area (Å²) in [6, 6.07) is 13.5. The van der Waals surface area contributed by atoms with E-state index in [-0.39, 0.29) is 0 Å². The van der Waals surface area contributed by atoms with E-state index in [1.807, 2.05) is 48.7 Å². The van der Waals surface area contributed by atoms with Crippen LogP contribution in [0.1, 0.15) is 0 Å². The van der Waals surface area contributed by atoms with Gasteiger partial charge in [-0.15, -0.1) is 0 Å². The summed E-state index contributed by atoms with van der Waals surface area (Å²) in [5.74, 6) is 3.81. The molecule has 0 atom stereocenters. The van der Waals surface area contributed by atoms with Crippen LogP contribution in [0.4, 0.5) is 23.3 Å². The molecule has 29 heavy (non-hydrogen) atoms. The molecule has 1 aliphatic heterocycles. The van der Waals surface area contributed by atoms with Crippen molar-refractivity contribution in [3.63, 3.8) is 0 Å². The fraction of sp³-hybridized carbons (Fsp3) is 0.286. The lowest BCUT2D eigenvalue weighted by atomic mass is 10.2. The van der Waals surface area contributed by atoms with E-state index in [1.165, 1.54) is 0 Å². The number of benzene rings is 1. The molecule has 1 fully saturated rings. The number of aromatic nitrogens is 3. The van der Waals surface area contributed by atoms with Crippen LogP contribution in [0, 0.1) is 0 Å². The van der Waals surface area contributed by atoms with Gasteiger partial charge >= 0.3 is 0 Å². The fourth-order valence-electron chi connectivity index (χ4n) is 3.31. The van der Waals surface area contributed by atoms with Crippen molar-refractivity contribution < 1.29 is 9.47 Å². The minimum absolute atomic E-state index is 0.664. The number of nitrogens with one attached hydrogen (secondary N) is 1. The number of anilines is 4. The highest BCUT2D eigenvalue weighted by atomic mass is 16.5. The van der Waals surface area contributed by atoms with Crippen molar-refractivity contribution in [2.45, 2.75) is 0 Å². The van der Waals surface area contributed by atoms with Gasteiger partial charge in [-0.1, -0.05) is 6.07 Å². The topological polar surface area (TPSA) is 75.6 Å². The first-order valence-corrected chi connectivity index (χ1v) is 9.50. The smallest absolute Gasteiger partial charge is 0.227 e. The monoisotopic (exact) mass is 392 g/mol. The molecule has 3 aromatic rings. The number of nitrogens with zero attached hydrogens (tertiary/aromatic N) is 5. The number of rotatable bonds is 6. The summed E-state index contributed by atoms with van der Waals surface area (Å²) < 4.78 is 10.7. The van der Waals surface area contributed by atoms with E-state index in [9.17, 15) is 0 Å². The zero-order valence-corrected chi connectivity index (χ0v) is 16.6. The highest BCUT2D eigenvalue weighted by Gasteiger charge is 2.20. The third-order valence-corrected chi connectivity index (χ3v) is 4.83. The van der Waals surface area contributed by atoms with Gasteiger partial charge in [0, 0.05) is 50.3 Å². The van der Waals surface area contributed by atoms with Gasteiger partial charge < -0.3 is 24.6 Å². The highest BCUT2D eigenvalue weighted by Crippen LogP contribution is 2.31. The lowest BCUT2D eigenvalue weighted by molar-refractivity contribution is 0.355. The van der Waals surface area contributed by atoms with E-state index in [0.717, 1.165) is 49.5 Å². The Morgan fingerprint density at radius 3 is 2.34 bits per heavy atom.